The van der Waals surface area contributed by atoms with Gasteiger partial charge in [-0.1, -0.05) is 42.4 Å². The minimum absolute atomic E-state index is 0.0517. The molecule has 0 radical (unpaired) electrons. The Kier molecular flexibility index (Phi) is 4.98. The van der Waals surface area contributed by atoms with Gasteiger partial charge < -0.3 is 9.26 Å². The highest BCUT2D eigenvalue weighted by Crippen LogP contribution is 2.15. The van der Waals surface area contributed by atoms with Crippen molar-refractivity contribution >= 4 is 5.97 Å². The Hall–Kier alpha value is -3.29. The highest BCUT2D eigenvalue weighted by molar-refractivity contribution is 5.86. The molecule has 0 atom stereocenters. The van der Waals surface area contributed by atoms with E-state index in [1.54, 1.807) is 0 Å². The molecule has 0 amide bonds. The zero-order valence-electron chi connectivity index (χ0n) is 13.6. The topological polar surface area (TPSA) is 100 Å². The molecule has 0 N–H and O–H groups in total. The summed E-state index contributed by atoms with van der Waals surface area (Å²) in [6.45, 7) is 2.18. The molecular formula is C17H16N4O4. The van der Waals surface area contributed by atoms with E-state index in [-0.39, 0.29) is 23.8 Å². The van der Waals surface area contributed by atoms with E-state index in [2.05, 4.69) is 15.2 Å². The van der Waals surface area contributed by atoms with Crippen molar-refractivity contribution in [1.82, 2.24) is 19.9 Å². The lowest BCUT2D eigenvalue weighted by molar-refractivity contribution is 0.0419. The molecule has 8 nitrogen and oxygen atoms in total. The monoisotopic (exact) mass is 340 g/mol. The Morgan fingerprint density at radius 2 is 2.00 bits per heavy atom. The second-order valence-electron chi connectivity index (χ2n) is 5.23. The van der Waals surface area contributed by atoms with Crippen LogP contribution in [-0.2, 0) is 17.9 Å². The third-order valence-corrected chi connectivity index (χ3v) is 3.34. The van der Waals surface area contributed by atoms with Crippen LogP contribution in [0.4, 0.5) is 0 Å². The molecule has 0 saturated carbocycles. The quantitative estimate of drug-likeness (QED) is 0.633. The second kappa shape index (κ2) is 7.52. The molecule has 0 aliphatic carbocycles. The van der Waals surface area contributed by atoms with Crippen molar-refractivity contribution in [1.29, 1.82) is 0 Å². The summed E-state index contributed by atoms with van der Waals surface area (Å²) in [6, 6.07) is 11.9. The van der Waals surface area contributed by atoms with Crippen molar-refractivity contribution in [3.8, 4) is 11.4 Å². The molecule has 0 aliphatic heterocycles. The van der Waals surface area contributed by atoms with Crippen LogP contribution in [-0.4, -0.2) is 25.9 Å². The van der Waals surface area contributed by atoms with Gasteiger partial charge in [0.05, 0.1) is 0 Å². The fourth-order valence-corrected chi connectivity index (χ4v) is 2.15. The van der Waals surface area contributed by atoms with Gasteiger partial charge in [0, 0.05) is 18.2 Å². The summed E-state index contributed by atoms with van der Waals surface area (Å²) in [4.78, 5) is 27.9. The number of hydrogen-bond acceptors (Lipinski definition) is 7. The number of carbonyl (C=O) groups excluding carboxylic acids is 1. The summed E-state index contributed by atoms with van der Waals surface area (Å²) in [6.07, 6.45) is 0.732. The molecule has 0 saturated heterocycles. The van der Waals surface area contributed by atoms with Crippen LogP contribution in [0.3, 0.4) is 0 Å². The average Bonchev–Trinajstić information content (AvgIpc) is 3.11. The van der Waals surface area contributed by atoms with Crippen molar-refractivity contribution in [2.75, 3.05) is 0 Å². The van der Waals surface area contributed by atoms with Gasteiger partial charge in [-0.15, -0.1) is 0 Å². The Morgan fingerprint density at radius 1 is 1.20 bits per heavy atom. The maximum atomic E-state index is 12.1. The third kappa shape index (κ3) is 3.97. The van der Waals surface area contributed by atoms with E-state index in [4.69, 9.17) is 9.26 Å². The van der Waals surface area contributed by atoms with Gasteiger partial charge in [0.25, 0.3) is 11.4 Å². The molecule has 0 unspecified atom stereocenters. The summed E-state index contributed by atoms with van der Waals surface area (Å²) < 4.78 is 11.4. The molecule has 0 spiro atoms. The van der Waals surface area contributed by atoms with Gasteiger partial charge in [-0.2, -0.15) is 10.1 Å². The van der Waals surface area contributed by atoms with Gasteiger partial charge in [0.15, 0.2) is 12.3 Å². The Balaban J connectivity index is 1.66. The lowest BCUT2D eigenvalue weighted by atomic mass is 10.2. The number of aromatic nitrogens is 4. The molecule has 0 aliphatic rings. The Labute approximate surface area is 143 Å². The lowest BCUT2D eigenvalue weighted by Gasteiger charge is -2.05. The number of hydrogen-bond donors (Lipinski definition) is 0. The normalized spacial score (nSPS) is 10.6. The van der Waals surface area contributed by atoms with Gasteiger partial charge in [0.1, 0.15) is 0 Å². The highest BCUT2D eigenvalue weighted by Gasteiger charge is 2.14. The largest absolute Gasteiger partial charge is 0.451 e. The maximum Gasteiger partial charge on any atom is 0.359 e. The fraction of sp³-hybridized carbons (Fsp3) is 0.235. The zero-order chi connectivity index (χ0) is 17.6. The molecule has 3 rings (SSSR count). The molecule has 8 heteroatoms. The SMILES string of the molecule is CCCn1nc(C(=O)OCc2nc(-c3ccccc3)no2)ccc1=O. The van der Waals surface area contributed by atoms with E-state index >= 15 is 0 Å². The molecule has 1 aromatic carbocycles. The van der Waals surface area contributed by atoms with Crippen LogP contribution in [0.1, 0.15) is 29.7 Å². The van der Waals surface area contributed by atoms with Crippen molar-refractivity contribution in [3.63, 3.8) is 0 Å². The van der Waals surface area contributed by atoms with E-state index in [1.165, 1.54) is 16.8 Å². The molecule has 2 heterocycles. The predicted octanol–water partition coefficient (Wildman–Crippen LogP) is 2.06. The average molecular weight is 340 g/mol. The van der Waals surface area contributed by atoms with Crippen LogP contribution in [0, 0.1) is 0 Å². The van der Waals surface area contributed by atoms with Crippen molar-refractivity contribution < 1.29 is 14.1 Å². The number of carbonyl (C=O) groups is 1. The van der Waals surface area contributed by atoms with Crippen LogP contribution < -0.4 is 5.56 Å². The molecule has 3 aromatic rings. The van der Waals surface area contributed by atoms with Crippen molar-refractivity contribution in [3.05, 3.63) is 64.4 Å². The third-order valence-electron chi connectivity index (χ3n) is 3.34. The number of benzene rings is 1. The molecule has 25 heavy (non-hydrogen) atoms. The lowest BCUT2D eigenvalue weighted by Crippen LogP contribution is -2.24. The number of aryl methyl sites for hydroxylation is 1. The van der Waals surface area contributed by atoms with E-state index < -0.39 is 5.97 Å². The molecule has 2 aromatic heterocycles. The minimum Gasteiger partial charge on any atom is -0.451 e. The summed E-state index contributed by atoms with van der Waals surface area (Å²) in [5.74, 6) is -0.0698. The first-order valence-corrected chi connectivity index (χ1v) is 7.80. The van der Waals surface area contributed by atoms with Gasteiger partial charge in [-0.25, -0.2) is 9.48 Å². The summed E-state index contributed by atoms with van der Waals surface area (Å²) in [7, 11) is 0. The second-order valence-corrected chi connectivity index (χ2v) is 5.23. The highest BCUT2D eigenvalue weighted by atomic mass is 16.6. The molecular weight excluding hydrogens is 324 g/mol. The van der Waals surface area contributed by atoms with Crippen LogP contribution in [0.15, 0.2) is 51.8 Å². The fourth-order valence-electron chi connectivity index (χ4n) is 2.15. The Bertz CT molecular complexity index is 918. The standard InChI is InChI=1S/C17H16N4O4/c1-2-10-21-15(22)9-8-13(19-21)17(23)24-11-14-18-16(20-25-14)12-6-4-3-5-7-12/h3-9H,2,10-11H2,1H3. The summed E-state index contributed by atoms with van der Waals surface area (Å²) >= 11 is 0. The minimum atomic E-state index is -0.663. The van der Waals surface area contributed by atoms with Gasteiger partial charge in [-0.3, -0.25) is 4.79 Å². The molecule has 0 bridgehead atoms. The summed E-state index contributed by atoms with van der Waals surface area (Å²) in [5.41, 5.74) is 0.593. The van der Waals surface area contributed by atoms with Gasteiger partial charge >= 0.3 is 5.97 Å². The smallest absolute Gasteiger partial charge is 0.359 e. The van der Waals surface area contributed by atoms with Crippen LogP contribution in [0.5, 0.6) is 0 Å². The predicted molar refractivity (Wildman–Crippen MR) is 87.6 cm³/mol. The van der Waals surface area contributed by atoms with Crippen molar-refractivity contribution in [2.24, 2.45) is 0 Å². The first-order valence-electron chi connectivity index (χ1n) is 7.80. The van der Waals surface area contributed by atoms with E-state index in [0.717, 1.165) is 12.0 Å². The number of esters is 1. The van der Waals surface area contributed by atoms with Crippen LogP contribution in [0.2, 0.25) is 0 Å². The van der Waals surface area contributed by atoms with E-state index in [9.17, 15) is 9.59 Å². The number of rotatable bonds is 6. The Morgan fingerprint density at radius 3 is 2.76 bits per heavy atom. The van der Waals surface area contributed by atoms with Gasteiger partial charge in [-0.05, 0) is 12.5 Å². The first-order chi connectivity index (χ1) is 12.2. The van der Waals surface area contributed by atoms with Crippen LogP contribution in [0.25, 0.3) is 11.4 Å². The molecule has 128 valence electrons. The summed E-state index contributed by atoms with van der Waals surface area (Å²) in [5, 5.41) is 7.84. The molecule has 0 fully saturated rings. The zero-order valence-corrected chi connectivity index (χ0v) is 13.6. The van der Waals surface area contributed by atoms with Crippen molar-refractivity contribution in [2.45, 2.75) is 26.5 Å². The number of nitrogens with zero attached hydrogens (tertiary/aromatic N) is 4. The van der Waals surface area contributed by atoms with E-state index in [0.29, 0.717) is 12.4 Å². The van der Waals surface area contributed by atoms with Gasteiger partial charge in [0.2, 0.25) is 5.82 Å². The number of ether oxygens (including phenoxy) is 1. The first kappa shape index (κ1) is 16.6. The maximum absolute atomic E-state index is 12.1. The van der Waals surface area contributed by atoms with Crippen LogP contribution >= 0.6 is 0 Å². The van der Waals surface area contributed by atoms with E-state index in [1.807, 2.05) is 37.3 Å².